The number of benzene rings is 1. The minimum Gasteiger partial charge on any atom is -0.484 e. The quantitative estimate of drug-likeness (QED) is 0.878. The van der Waals surface area contributed by atoms with Crippen LogP contribution in [-0.4, -0.2) is 44.1 Å². The van der Waals surface area contributed by atoms with E-state index in [9.17, 15) is 4.79 Å². The summed E-state index contributed by atoms with van der Waals surface area (Å²) in [6, 6.07) is 6.08. The van der Waals surface area contributed by atoms with Crippen LogP contribution in [0.5, 0.6) is 5.75 Å². The van der Waals surface area contributed by atoms with Gasteiger partial charge in [-0.2, -0.15) is 0 Å². The number of hydrogen-bond donors (Lipinski definition) is 1. The topological polar surface area (TPSA) is 41.6 Å². The van der Waals surface area contributed by atoms with Gasteiger partial charge in [-0.25, -0.2) is 0 Å². The van der Waals surface area contributed by atoms with E-state index in [0.717, 1.165) is 31.8 Å². The van der Waals surface area contributed by atoms with Crippen LogP contribution in [-0.2, 0) is 4.79 Å². The molecule has 0 bridgehead atoms. The summed E-state index contributed by atoms with van der Waals surface area (Å²) in [5.74, 6) is 1.94. The van der Waals surface area contributed by atoms with E-state index in [2.05, 4.69) is 32.2 Å². The average molecular weight is 304 g/mol. The molecular formula is C18H28N2O2. The highest BCUT2D eigenvalue weighted by Gasteiger charge is 2.25. The van der Waals surface area contributed by atoms with Crippen LogP contribution in [0.3, 0.4) is 0 Å². The molecule has 1 fully saturated rings. The molecule has 1 saturated heterocycles. The maximum Gasteiger partial charge on any atom is 0.260 e. The van der Waals surface area contributed by atoms with Crippen molar-refractivity contribution in [3.63, 3.8) is 0 Å². The highest BCUT2D eigenvalue weighted by atomic mass is 16.5. The molecule has 122 valence electrons. The lowest BCUT2D eigenvalue weighted by Gasteiger charge is -2.17. The first-order valence-electron chi connectivity index (χ1n) is 8.17. The van der Waals surface area contributed by atoms with E-state index in [0.29, 0.717) is 11.8 Å². The lowest BCUT2D eigenvalue weighted by molar-refractivity contribution is -0.132. The SMILES string of the molecule is CNC[C@@H]1CCN(C(=O)COc2ccc(C(C)C)c(C)c2)C1. The Kier molecular flexibility index (Phi) is 5.83. The van der Waals surface area contributed by atoms with Gasteiger partial charge in [0.15, 0.2) is 6.61 Å². The van der Waals surface area contributed by atoms with Crippen molar-refractivity contribution in [3.05, 3.63) is 29.3 Å². The molecule has 1 aromatic rings. The molecule has 0 aromatic heterocycles. The zero-order chi connectivity index (χ0) is 16.1. The van der Waals surface area contributed by atoms with E-state index in [4.69, 9.17) is 4.74 Å². The lowest BCUT2D eigenvalue weighted by atomic mass is 9.98. The predicted octanol–water partition coefficient (Wildman–Crippen LogP) is 2.57. The largest absolute Gasteiger partial charge is 0.484 e. The van der Waals surface area contributed by atoms with Crippen molar-refractivity contribution in [3.8, 4) is 5.75 Å². The zero-order valence-corrected chi connectivity index (χ0v) is 14.2. The van der Waals surface area contributed by atoms with Crippen LogP contribution < -0.4 is 10.1 Å². The summed E-state index contributed by atoms with van der Waals surface area (Å²) in [4.78, 5) is 14.1. The van der Waals surface area contributed by atoms with Crippen LogP contribution in [0.25, 0.3) is 0 Å². The minimum absolute atomic E-state index is 0.0872. The van der Waals surface area contributed by atoms with Crippen LogP contribution in [0, 0.1) is 12.8 Å². The highest BCUT2D eigenvalue weighted by molar-refractivity contribution is 5.78. The molecule has 0 aliphatic carbocycles. The number of rotatable bonds is 6. The van der Waals surface area contributed by atoms with Crippen molar-refractivity contribution in [2.75, 3.05) is 33.3 Å². The summed E-state index contributed by atoms with van der Waals surface area (Å²) in [6.45, 7) is 9.25. The van der Waals surface area contributed by atoms with E-state index in [1.807, 2.05) is 24.1 Å². The summed E-state index contributed by atoms with van der Waals surface area (Å²) in [7, 11) is 1.96. The van der Waals surface area contributed by atoms with Gasteiger partial charge in [-0.15, -0.1) is 0 Å². The van der Waals surface area contributed by atoms with Gasteiger partial charge in [0, 0.05) is 13.1 Å². The molecule has 1 N–H and O–H groups in total. The molecule has 0 saturated carbocycles. The number of carbonyl (C=O) groups is 1. The van der Waals surface area contributed by atoms with E-state index in [1.54, 1.807) is 0 Å². The summed E-state index contributed by atoms with van der Waals surface area (Å²) in [5, 5.41) is 3.18. The van der Waals surface area contributed by atoms with Crippen molar-refractivity contribution < 1.29 is 9.53 Å². The van der Waals surface area contributed by atoms with Crippen molar-refractivity contribution in [1.82, 2.24) is 10.2 Å². The lowest BCUT2D eigenvalue weighted by Crippen LogP contribution is -2.34. The van der Waals surface area contributed by atoms with Crippen molar-refractivity contribution in [2.24, 2.45) is 5.92 Å². The smallest absolute Gasteiger partial charge is 0.260 e. The second kappa shape index (κ2) is 7.63. The van der Waals surface area contributed by atoms with Gasteiger partial charge < -0.3 is 15.0 Å². The summed E-state index contributed by atoms with van der Waals surface area (Å²) < 4.78 is 5.68. The highest BCUT2D eigenvalue weighted by Crippen LogP contribution is 2.23. The van der Waals surface area contributed by atoms with Gasteiger partial charge in [0.1, 0.15) is 5.75 Å². The van der Waals surface area contributed by atoms with E-state index in [-0.39, 0.29) is 12.5 Å². The number of nitrogens with zero attached hydrogens (tertiary/aromatic N) is 1. The zero-order valence-electron chi connectivity index (χ0n) is 14.2. The Morgan fingerprint density at radius 3 is 2.86 bits per heavy atom. The molecule has 4 nitrogen and oxygen atoms in total. The molecule has 4 heteroatoms. The molecule has 0 radical (unpaired) electrons. The fraction of sp³-hybridized carbons (Fsp3) is 0.611. The Labute approximate surface area is 133 Å². The Bertz CT molecular complexity index is 514. The number of nitrogens with one attached hydrogen (secondary N) is 1. The number of aryl methyl sites for hydroxylation is 1. The van der Waals surface area contributed by atoms with Crippen molar-refractivity contribution in [2.45, 2.75) is 33.1 Å². The van der Waals surface area contributed by atoms with Crippen molar-refractivity contribution >= 4 is 5.91 Å². The average Bonchev–Trinajstić information content (AvgIpc) is 2.93. The van der Waals surface area contributed by atoms with Gasteiger partial charge in [-0.3, -0.25) is 4.79 Å². The fourth-order valence-corrected chi connectivity index (χ4v) is 3.14. The van der Waals surface area contributed by atoms with Crippen LogP contribution >= 0.6 is 0 Å². The number of likely N-dealkylation sites (tertiary alicyclic amines) is 1. The van der Waals surface area contributed by atoms with Gasteiger partial charge in [0.25, 0.3) is 5.91 Å². The van der Waals surface area contributed by atoms with Gasteiger partial charge in [-0.1, -0.05) is 19.9 Å². The second-order valence-electron chi connectivity index (χ2n) is 6.51. The Morgan fingerprint density at radius 2 is 2.23 bits per heavy atom. The molecule has 2 rings (SSSR count). The van der Waals surface area contributed by atoms with Gasteiger partial charge in [0.2, 0.25) is 0 Å². The molecule has 22 heavy (non-hydrogen) atoms. The van der Waals surface area contributed by atoms with E-state index in [1.165, 1.54) is 11.1 Å². The van der Waals surface area contributed by atoms with Gasteiger partial charge in [-0.05, 0) is 62.0 Å². The van der Waals surface area contributed by atoms with Crippen LogP contribution in [0.2, 0.25) is 0 Å². The molecule has 0 spiro atoms. The molecular weight excluding hydrogens is 276 g/mol. The van der Waals surface area contributed by atoms with Gasteiger partial charge >= 0.3 is 0 Å². The first-order chi connectivity index (χ1) is 10.5. The first-order valence-corrected chi connectivity index (χ1v) is 8.17. The Balaban J connectivity index is 1.85. The Morgan fingerprint density at radius 1 is 1.45 bits per heavy atom. The number of amides is 1. The molecule has 1 heterocycles. The van der Waals surface area contributed by atoms with Crippen LogP contribution in [0.4, 0.5) is 0 Å². The summed E-state index contributed by atoms with van der Waals surface area (Å²) in [5.41, 5.74) is 2.54. The Hall–Kier alpha value is -1.55. The van der Waals surface area contributed by atoms with E-state index < -0.39 is 0 Å². The molecule has 1 aromatic carbocycles. The third kappa shape index (κ3) is 4.23. The summed E-state index contributed by atoms with van der Waals surface area (Å²) in [6.07, 6.45) is 1.08. The minimum atomic E-state index is 0.0872. The predicted molar refractivity (Wildman–Crippen MR) is 89.4 cm³/mol. The number of hydrogen-bond acceptors (Lipinski definition) is 3. The molecule has 1 amide bonds. The third-order valence-corrected chi connectivity index (χ3v) is 4.36. The maximum atomic E-state index is 12.2. The molecule has 0 unspecified atom stereocenters. The first kappa shape index (κ1) is 16.8. The number of carbonyl (C=O) groups excluding carboxylic acids is 1. The summed E-state index contributed by atoms with van der Waals surface area (Å²) >= 11 is 0. The maximum absolute atomic E-state index is 12.2. The van der Waals surface area contributed by atoms with Crippen LogP contribution in [0.15, 0.2) is 18.2 Å². The van der Waals surface area contributed by atoms with E-state index >= 15 is 0 Å². The number of ether oxygens (including phenoxy) is 1. The molecule has 1 aliphatic rings. The molecule has 1 aliphatic heterocycles. The standard InChI is InChI=1S/C18H28N2O2/c1-13(2)17-6-5-16(9-14(17)3)22-12-18(21)20-8-7-15(11-20)10-19-4/h5-6,9,13,15,19H,7-8,10-12H2,1-4H3/t15-/m0/s1. The van der Waals surface area contributed by atoms with Gasteiger partial charge in [0.05, 0.1) is 0 Å². The second-order valence-corrected chi connectivity index (χ2v) is 6.51. The molecule has 1 atom stereocenters. The van der Waals surface area contributed by atoms with Crippen molar-refractivity contribution in [1.29, 1.82) is 0 Å². The normalized spacial score (nSPS) is 18.0. The van der Waals surface area contributed by atoms with Crippen LogP contribution in [0.1, 0.15) is 37.3 Å². The monoisotopic (exact) mass is 304 g/mol. The fourth-order valence-electron chi connectivity index (χ4n) is 3.14. The third-order valence-electron chi connectivity index (χ3n) is 4.36.